The number of aryl methyl sites for hydroxylation is 4. The molecule has 0 saturated heterocycles. The average molecular weight is 273 g/mol. The molecule has 3 heterocycles. The minimum absolute atomic E-state index is 0.745. The van der Waals surface area contributed by atoms with E-state index in [0.717, 1.165) is 34.6 Å². The molecule has 0 atom stereocenters. The number of pyridine rings is 1. The molecule has 3 aromatic heterocycles. The molecule has 0 aromatic carbocycles. The van der Waals surface area contributed by atoms with Gasteiger partial charge in [0.05, 0.1) is 5.69 Å². The fourth-order valence-corrected chi connectivity index (χ4v) is 2.65. The van der Waals surface area contributed by atoms with Crippen LogP contribution in [0.1, 0.15) is 11.3 Å². The monoisotopic (exact) mass is 273 g/mol. The number of nitrogens with zero attached hydrogens (tertiary/aromatic N) is 4. The van der Waals surface area contributed by atoms with Crippen LogP contribution in [0.5, 0.6) is 0 Å². The van der Waals surface area contributed by atoms with Gasteiger partial charge in [-0.25, -0.2) is 0 Å². The summed E-state index contributed by atoms with van der Waals surface area (Å²) in [6.45, 7) is 2.81. The molecule has 19 heavy (non-hydrogen) atoms. The summed E-state index contributed by atoms with van der Waals surface area (Å²) in [5, 5.41) is 4.41. The summed E-state index contributed by atoms with van der Waals surface area (Å²) in [6, 6.07) is 4.03. The summed E-state index contributed by atoms with van der Waals surface area (Å²) < 4.78 is 4.72. The van der Waals surface area contributed by atoms with E-state index in [0.29, 0.717) is 0 Å². The van der Waals surface area contributed by atoms with E-state index in [4.69, 9.17) is 12.2 Å². The number of hydrogen-bond donors (Lipinski definition) is 1. The van der Waals surface area contributed by atoms with Crippen LogP contribution in [0, 0.1) is 11.7 Å². The van der Waals surface area contributed by atoms with E-state index >= 15 is 0 Å². The minimum Gasteiger partial charge on any atom is -0.328 e. The Labute approximate surface area is 115 Å². The summed E-state index contributed by atoms with van der Waals surface area (Å²) in [5.41, 5.74) is 4.26. The zero-order chi connectivity index (χ0) is 13.4. The maximum absolute atomic E-state index is 5.39. The zero-order valence-corrected chi connectivity index (χ0v) is 11.7. The number of aromatic amines is 1. The van der Waals surface area contributed by atoms with Gasteiger partial charge < -0.3 is 9.55 Å². The van der Waals surface area contributed by atoms with Gasteiger partial charge >= 0.3 is 0 Å². The van der Waals surface area contributed by atoms with E-state index in [-0.39, 0.29) is 0 Å². The van der Waals surface area contributed by atoms with Crippen LogP contribution in [0.4, 0.5) is 0 Å². The van der Waals surface area contributed by atoms with Gasteiger partial charge in [-0.05, 0) is 37.2 Å². The second-order valence-corrected chi connectivity index (χ2v) is 4.99. The van der Waals surface area contributed by atoms with Gasteiger partial charge in [0.1, 0.15) is 5.52 Å². The predicted octanol–water partition coefficient (Wildman–Crippen LogP) is 2.38. The molecule has 0 bridgehead atoms. The Morgan fingerprint density at radius 1 is 1.42 bits per heavy atom. The third-order valence-corrected chi connectivity index (χ3v) is 3.59. The number of aromatic nitrogens is 5. The minimum atomic E-state index is 0.745. The molecule has 0 radical (unpaired) electrons. The number of H-pyrrole nitrogens is 1. The van der Waals surface area contributed by atoms with Crippen LogP contribution >= 0.6 is 12.2 Å². The van der Waals surface area contributed by atoms with E-state index in [2.05, 4.69) is 25.7 Å². The lowest BCUT2D eigenvalue weighted by Gasteiger charge is -2.04. The van der Waals surface area contributed by atoms with Crippen molar-refractivity contribution in [1.82, 2.24) is 24.3 Å². The Morgan fingerprint density at radius 3 is 3.00 bits per heavy atom. The smallest absolute Gasteiger partial charge is 0.179 e. The number of nitrogens with one attached hydrogen (secondary N) is 1. The molecular formula is C13H15N5S. The molecule has 0 aliphatic rings. The van der Waals surface area contributed by atoms with Gasteiger partial charge in [-0.1, -0.05) is 6.07 Å². The standard InChI is InChI=1S/C13H15N5S/c1-9-11-12(17(2)16-9)18(13(19)15-11)7-5-10-4-3-6-14-8-10/h3-4,6,8H,5,7H2,1-2H3,(H,15,19). The molecule has 0 spiro atoms. The van der Waals surface area contributed by atoms with Gasteiger partial charge in [0, 0.05) is 26.0 Å². The Balaban J connectivity index is 1.97. The van der Waals surface area contributed by atoms with E-state index in [9.17, 15) is 0 Å². The maximum Gasteiger partial charge on any atom is 0.179 e. The van der Waals surface area contributed by atoms with Crippen LogP contribution in [0.15, 0.2) is 24.5 Å². The number of imidazole rings is 1. The second-order valence-electron chi connectivity index (χ2n) is 4.60. The van der Waals surface area contributed by atoms with Crippen LogP contribution < -0.4 is 0 Å². The normalized spacial score (nSPS) is 11.3. The first-order chi connectivity index (χ1) is 9.16. The van der Waals surface area contributed by atoms with Crippen LogP contribution in [-0.2, 0) is 20.0 Å². The van der Waals surface area contributed by atoms with Crippen molar-refractivity contribution in [3.8, 4) is 0 Å². The fraction of sp³-hybridized carbons (Fsp3) is 0.308. The number of rotatable bonds is 3. The van der Waals surface area contributed by atoms with Gasteiger partial charge in [-0.3, -0.25) is 9.67 Å². The van der Waals surface area contributed by atoms with Crippen molar-refractivity contribution in [2.45, 2.75) is 19.9 Å². The third-order valence-electron chi connectivity index (χ3n) is 3.27. The Kier molecular flexibility index (Phi) is 2.94. The van der Waals surface area contributed by atoms with Gasteiger partial charge in [-0.2, -0.15) is 5.10 Å². The van der Waals surface area contributed by atoms with Gasteiger partial charge in [0.2, 0.25) is 0 Å². The molecule has 0 unspecified atom stereocenters. The third kappa shape index (κ3) is 2.08. The number of hydrogen-bond acceptors (Lipinski definition) is 3. The molecule has 0 aliphatic heterocycles. The average Bonchev–Trinajstić information content (AvgIpc) is 2.87. The summed E-state index contributed by atoms with van der Waals surface area (Å²) in [5.74, 6) is 0. The summed E-state index contributed by atoms with van der Waals surface area (Å²) in [7, 11) is 1.94. The largest absolute Gasteiger partial charge is 0.328 e. The molecule has 0 fully saturated rings. The first kappa shape index (κ1) is 12.1. The Bertz CT molecular complexity index is 766. The van der Waals surface area contributed by atoms with Crippen LogP contribution in [0.3, 0.4) is 0 Å². The van der Waals surface area contributed by atoms with Gasteiger partial charge in [0.25, 0.3) is 0 Å². The Hall–Kier alpha value is -1.95. The molecule has 3 rings (SSSR count). The van der Waals surface area contributed by atoms with Crippen molar-refractivity contribution in [1.29, 1.82) is 0 Å². The SMILES string of the molecule is Cc1nn(C)c2c1[nH]c(=S)n2CCc1cccnc1. The quantitative estimate of drug-likeness (QED) is 0.745. The molecule has 0 aliphatic carbocycles. The topological polar surface area (TPSA) is 51.4 Å². The highest BCUT2D eigenvalue weighted by atomic mass is 32.1. The maximum atomic E-state index is 5.39. The Morgan fingerprint density at radius 2 is 2.26 bits per heavy atom. The van der Waals surface area contributed by atoms with Gasteiger partial charge in [0.15, 0.2) is 10.4 Å². The van der Waals surface area contributed by atoms with Crippen LogP contribution in [0.2, 0.25) is 0 Å². The highest BCUT2D eigenvalue weighted by Gasteiger charge is 2.12. The van der Waals surface area contributed by atoms with Crippen LogP contribution in [0.25, 0.3) is 11.2 Å². The summed E-state index contributed by atoms with van der Waals surface area (Å²) in [6.07, 6.45) is 4.58. The lowest BCUT2D eigenvalue weighted by molar-refractivity contribution is 0.663. The molecule has 0 saturated carbocycles. The predicted molar refractivity (Wildman–Crippen MR) is 76.6 cm³/mol. The first-order valence-electron chi connectivity index (χ1n) is 6.18. The van der Waals surface area contributed by atoms with Crippen molar-refractivity contribution in [3.63, 3.8) is 0 Å². The molecule has 1 N–H and O–H groups in total. The van der Waals surface area contributed by atoms with E-state index in [1.165, 1.54) is 5.56 Å². The molecular weight excluding hydrogens is 258 g/mol. The van der Waals surface area contributed by atoms with E-state index in [1.807, 2.05) is 30.9 Å². The van der Waals surface area contributed by atoms with E-state index < -0.39 is 0 Å². The fourth-order valence-electron chi connectivity index (χ4n) is 2.37. The highest BCUT2D eigenvalue weighted by Crippen LogP contribution is 2.17. The van der Waals surface area contributed by atoms with Crippen molar-refractivity contribution in [3.05, 3.63) is 40.6 Å². The second kappa shape index (κ2) is 4.62. The number of fused-ring (bicyclic) bond motifs is 1. The lowest BCUT2D eigenvalue weighted by Crippen LogP contribution is -2.05. The molecule has 6 heteroatoms. The van der Waals surface area contributed by atoms with Crippen molar-refractivity contribution in [2.75, 3.05) is 0 Å². The van der Waals surface area contributed by atoms with Crippen molar-refractivity contribution >= 4 is 23.4 Å². The highest BCUT2D eigenvalue weighted by molar-refractivity contribution is 7.71. The molecule has 5 nitrogen and oxygen atoms in total. The molecule has 3 aromatic rings. The first-order valence-corrected chi connectivity index (χ1v) is 6.58. The molecule has 0 amide bonds. The van der Waals surface area contributed by atoms with Crippen molar-refractivity contribution in [2.24, 2.45) is 7.05 Å². The van der Waals surface area contributed by atoms with Crippen LogP contribution in [-0.4, -0.2) is 24.3 Å². The lowest BCUT2D eigenvalue weighted by atomic mass is 10.2. The van der Waals surface area contributed by atoms with E-state index in [1.54, 1.807) is 6.20 Å². The summed E-state index contributed by atoms with van der Waals surface area (Å²) >= 11 is 5.39. The summed E-state index contributed by atoms with van der Waals surface area (Å²) in [4.78, 5) is 7.36. The van der Waals surface area contributed by atoms with Crippen molar-refractivity contribution < 1.29 is 0 Å². The van der Waals surface area contributed by atoms with Gasteiger partial charge in [-0.15, -0.1) is 0 Å². The zero-order valence-electron chi connectivity index (χ0n) is 10.9. The molecule has 98 valence electrons.